The fourth-order valence-electron chi connectivity index (χ4n) is 4.61. The van der Waals surface area contributed by atoms with E-state index in [1.54, 1.807) is 0 Å². The number of nitrogens with zero attached hydrogens (tertiary/aromatic N) is 2. The van der Waals surface area contributed by atoms with Gasteiger partial charge in [0.1, 0.15) is 8.80 Å². The predicted octanol–water partition coefficient (Wildman–Crippen LogP) is 5.65. The van der Waals surface area contributed by atoms with Crippen LogP contribution in [0.3, 0.4) is 0 Å². The molecule has 0 radical (unpaired) electrons. The maximum atomic E-state index is 5.44. The van der Waals surface area contributed by atoms with Crippen molar-refractivity contribution < 1.29 is 0 Å². The minimum absolute atomic E-state index is 0.246. The first-order chi connectivity index (χ1) is 14.3. The molecular formula is C25H26N2SSi. The minimum Gasteiger partial charge on any atom is -0.326 e. The molecule has 0 bridgehead atoms. The van der Waals surface area contributed by atoms with Crippen molar-refractivity contribution in [2.45, 2.75) is 31.0 Å². The van der Waals surface area contributed by atoms with E-state index in [2.05, 4.69) is 102 Å². The number of allylic oxidation sites excluding steroid dienone is 4. The first-order valence-electron chi connectivity index (χ1n) is 10.3. The van der Waals surface area contributed by atoms with Gasteiger partial charge >= 0.3 is 0 Å². The molecule has 0 N–H and O–H groups in total. The average molecular weight is 415 g/mol. The molecule has 0 aliphatic heterocycles. The van der Waals surface area contributed by atoms with Crippen LogP contribution in [-0.4, -0.2) is 23.2 Å². The molecule has 1 aliphatic carbocycles. The summed E-state index contributed by atoms with van der Waals surface area (Å²) >= 11 is 5.44. The smallest absolute Gasteiger partial charge is 0.111 e. The van der Waals surface area contributed by atoms with Gasteiger partial charge in [-0.2, -0.15) is 0 Å². The number of rotatable bonds is 7. The summed E-state index contributed by atoms with van der Waals surface area (Å²) in [5, 5.41) is 1.24. The normalized spacial score (nSPS) is 15.2. The van der Waals surface area contributed by atoms with Gasteiger partial charge in [0.2, 0.25) is 0 Å². The van der Waals surface area contributed by atoms with Gasteiger partial charge in [0.15, 0.2) is 0 Å². The fourth-order valence-corrected chi connectivity index (χ4v) is 9.00. The summed E-state index contributed by atoms with van der Waals surface area (Å²) in [6.07, 6.45) is 14.9. The number of imidazole rings is 1. The Balaban J connectivity index is 2.03. The largest absolute Gasteiger partial charge is 0.326 e. The van der Waals surface area contributed by atoms with Crippen LogP contribution in [0, 0.1) is 0 Å². The molecule has 0 saturated carbocycles. The van der Waals surface area contributed by atoms with Crippen LogP contribution in [0.5, 0.6) is 0 Å². The second-order valence-electron chi connectivity index (χ2n) is 7.52. The number of hydrogen-bond donors (Lipinski definition) is 0. The summed E-state index contributed by atoms with van der Waals surface area (Å²) in [4.78, 5) is 5.48. The topological polar surface area (TPSA) is 17.8 Å². The SMILES string of the molecule is CCC[SiH](C1=CCC(=S)C=C1)C(c1ccccc1)(c1ccccc1)n1ccnc1. The maximum Gasteiger partial charge on any atom is 0.111 e. The molecule has 29 heavy (non-hydrogen) atoms. The van der Waals surface area contributed by atoms with Gasteiger partial charge in [-0.05, 0) is 17.2 Å². The van der Waals surface area contributed by atoms with E-state index in [4.69, 9.17) is 12.2 Å². The molecule has 4 rings (SSSR count). The van der Waals surface area contributed by atoms with Gasteiger partial charge in [-0.15, -0.1) is 0 Å². The van der Waals surface area contributed by atoms with Gasteiger partial charge in [-0.25, -0.2) is 4.98 Å². The number of aromatic nitrogens is 2. The Kier molecular flexibility index (Phi) is 6.02. The Bertz CT molecular complexity index is 968. The highest BCUT2D eigenvalue weighted by atomic mass is 32.1. The molecule has 1 atom stereocenters. The second-order valence-corrected chi connectivity index (χ2v) is 11.2. The molecule has 2 aromatic carbocycles. The highest BCUT2D eigenvalue weighted by Crippen LogP contribution is 2.41. The summed E-state index contributed by atoms with van der Waals surface area (Å²) in [6.45, 7) is 2.30. The molecular weight excluding hydrogens is 388 g/mol. The van der Waals surface area contributed by atoms with Crippen LogP contribution >= 0.6 is 12.2 Å². The second kappa shape index (κ2) is 8.85. The molecule has 1 aliphatic rings. The summed E-state index contributed by atoms with van der Waals surface area (Å²) in [6, 6.07) is 23.1. The molecule has 2 nitrogen and oxygen atoms in total. The zero-order chi connectivity index (χ0) is 20.1. The molecule has 3 aromatic rings. The van der Waals surface area contributed by atoms with E-state index in [9.17, 15) is 0 Å². The van der Waals surface area contributed by atoms with Crippen molar-refractivity contribution in [3.8, 4) is 0 Å². The molecule has 4 heteroatoms. The minimum atomic E-state index is -1.60. The molecule has 0 saturated heterocycles. The standard InChI is InChI=1S/C25H26N2SSi/c1-2-19-29(24-15-13-23(28)14-16-24)25(27-18-17-26-20-27,21-9-5-3-6-10-21)22-11-7-4-8-12-22/h3-13,15-18,20,29H,2,14,19H2,1H3. The molecule has 0 spiro atoms. The van der Waals surface area contributed by atoms with Crippen LogP contribution in [0.2, 0.25) is 6.04 Å². The number of thiocarbonyl (C=S) groups is 1. The molecule has 0 fully saturated rings. The lowest BCUT2D eigenvalue weighted by Gasteiger charge is -2.43. The predicted molar refractivity (Wildman–Crippen MR) is 128 cm³/mol. The van der Waals surface area contributed by atoms with Crippen LogP contribution in [0.15, 0.2) is 103 Å². The van der Waals surface area contributed by atoms with Gasteiger partial charge in [0.05, 0.1) is 11.5 Å². The highest BCUT2D eigenvalue weighted by Gasteiger charge is 2.45. The van der Waals surface area contributed by atoms with E-state index in [1.807, 2.05) is 12.5 Å². The molecule has 1 heterocycles. The first kappa shape index (κ1) is 19.7. The van der Waals surface area contributed by atoms with E-state index in [1.165, 1.54) is 22.4 Å². The van der Waals surface area contributed by atoms with Gasteiger partial charge in [0, 0.05) is 23.7 Å². The van der Waals surface area contributed by atoms with Crippen molar-refractivity contribution in [3.63, 3.8) is 0 Å². The van der Waals surface area contributed by atoms with Crippen molar-refractivity contribution in [2.75, 3.05) is 0 Å². The highest BCUT2D eigenvalue weighted by molar-refractivity contribution is 7.80. The maximum absolute atomic E-state index is 5.44. The molecule has 146 valence electrons. The van der Waals surface area contributed by atoms with Crippen LogP contribution in [-0.2, 0) is 5.16 Å². The van der Waals surface area contributed by atoms with Gasteiger partial charge in [-0.1, -0.05) is 110 Å². The lowest BCUT2D eigenvalue weighted by atomic mass is 9.97. The van der Waals surface area contributed by atoms with E-state index >= 15 is 0 Å². The van der Waals surface area contributed by atoms with E-state index in [0.717, 1.165) is 17.7 Å². The third kappa shape index (κ3) is 3.70. The van der Waals surface area contributed by atoms with Crippen molar-refractivity contribution in [1.29, 1.82) is 0 Å². The third-order valence-corrected chi connectivity index (χ3v) is 10.5. The quantitative estimate of drug-likeness (QED) is 0.367. The van der Waals surface area contributed by atoms with Gasteiger partial charge < -0.3 is 4.57 Å². The Morgan fingerprint density at radius 2 is 1.66 bits per heavy atom. The van der Waals surface area contributed by atoms with Crippen LogP contribution in [0.25, 0.3) is 0 Å². The van der Waals surface area contributed by atoms with E-state index in [-0.39, 0.29) is 5.16 Å². The first-order valence-corrected chi connectivity index (χ1v) is 12.6. The fraction of sp³-hybridized carbons (Fsp3) is 0.200. The third-order valence-electron chi connectivity index (χ3n) is 5.82. The molecule has 1 aromatic heterocycles. The van der Waals surface area contributed by atoms with Crippen molar-refractivity contribution in [3.05, 3.63) is 114 Å². The van der Waals surface area contributed by atoms with Crippen molar-refractivity contribution in [2.24, 2.45) is 0 Å². The summed E-state index contributed by atoms with van der Waals surface area (Å²) < 4.78 is 2.35. The Hall–Kier alpha value is -2.56. The van der Waals surface area contributed by atoms with Crippen LogP contribution in [0.1, 0.15) is 30.9 Å². The Morgan fingerprint density at radius 1 is 1.00 bits per heavy atom. The number of benzene rings is 2. The lowest BCUT2D eigenvalue weighted by Crippen LogP contribution is -2.51. The monoisotopic (exact) mass is 414 g/mol. The van der Waals surface area contributed by atoms with Crippen LogP contribution < -0.4 is 0 Å². The Labute approximate surface area is 180 Å². The summed E-state index contributed by atoms with van der Waals surface area (Å²) in [7, 11) is -1.60. The average Bonchev–Trinajstić information content (AvgIpc) is 3.31. The Morgan fingerprint density at radius 3 is 2.14 bits per heavy atom. The summed E-state index contributed by atoms with van der Waals surface area (Å²) in [5.41, 5.74) is 2.66. The van der Waals surface area contributed by atoms with E-state index in [0.29, 0.717) is 0 Å². The zero-order valence-electron chi connectivity index (χ0n) is 16.7. The van der Waals surface area contributed by atoms with E-state index < -0.39 is 8.80 Å². The number of hydrogen-bond acceptors (Lipinski definition) is 2. The van der Waals surface area contributed by atoms with Crippen LogP contribution in [0.4, 0.5) is 0 Å². The molecule has 0 amide bonds. The van der Waals surface area contributed by atoms with Gasteiger partial charge in [-0.3, -0.25) is 0 Å². The summed E-state index contributed by atoms with van der Waals surface area (Å²) in [5.74, 6) is 0. The zero-order valence-corrected chi connectivity index (χ0v) is 18.7. The van der Waals surface area contributed by atoms with Crippen molar-refractivity contribution in [1.82, 2.24) is 9.55 Å². The van der Waals surface area contributed by atoms with Gasteiger partial charge in [0.25, 0.3) is 0 Å². The molecule has 1 unspecified atom stereocenters. The van der Waals surface area contributed by atoms with Crippen molar-refractivity contribution >= 4 is 25.9 Å². The lowest BCUT2D eigenvalue weighted by molar-refractivity contribution is 0.580.